The number of aromatic nitrogens is 2. The zero-order chi connectivity index (χ0) is 18.4. The van der Waals surface area contributed by atoms with Crippen molar-refractivity contribution in [3.8, 4) is 11.6 Å². The second kappa shape index (κ2) is 8.04. The van der Waals surface area contributed by atoms with Crippen LogP contribution in [-0.4, -0.2) is 22.7 Å². The molecule has 0 amide bonds. The summed E-state index contributed by atoms with van der Waals surface area (Å²) >= 11 is 0. The Hall–Kier alpha value is -2.51. The van der Waals surface area contributed by atoms with Gasteiger partial charge in [-0.25, -0.2) is 4.98 Å². The Kier molecular flexibility index (Phi) is 6.06. The van der Waals surface area contributed by atoms with E-state index in [1.165, 1.54) is 0 Å². The second-order valence-electron chi connectivity index (χ2n) is 5.33. The monoisotopic (exact) mass is 355 g/mol. The zero-order valence-corrected chi connectivity index (χ0v) is 14.2. The minimum Gasteiger partial charge on any atom is -0.491 e. The maximum absolute atomic E-state index is 12.9. The molecule has 0 bridgehead atoms. The molecule has 2 rings (SSSR count). The SMILES string of the molecule is CCOc1nc(Nc2ccc(OC(C)CC)cc2)ncc1C(F)(F)F. The van der Waals surface area contributed by atoms with Crippen molar-refractivity contribution in [2.24, 2.45) is 0 Å². The lowest BCUT2D eigenvalue weighted by Gasteiger charge is -2.14. The summed E-state index contributed by atoms with van der Waals surface area (Å²) in [5.41, 5.74) is -0.379. The Bertz CT molecular complexity index is 691. The van der Waals surface area contributed by atoms with Crippen molar-refractivity contribution < 1.29 is 22.6 Å². The van der Waals surface area contributed by atoms with Crippen LogP contribution < -0.4 is 14.8 Å². The quantitative estimate of drug-likeness (QED) is 0.772. The molecule has 1 aromatic carbocycles. The fourth-order valence-corrected chi connectivity index (χ4v) is 1.93. The van der Waals surface area contributed by atoms with E-state index in [-0.39, 0.29) is 18.7 Å². The van der Waals surface area contributed by atoms with Gasteiger partial charge in [-0.15, -0.1) is 0 Å². The predicted octanol–water partition coefficient (Wildman–Crippen LogP) is 4.82. The normalized spacial score (nSPS) is 12.6. The number of hydrogen-bond donors (Lipinski definition) is 1. The fourth-order valence-electron chi connectivity index (χ4n) is 1.93. The second-order valence-corrected chi connectivity index (χ2v) is 5.33. The average Bonchev–Trinajstić information content (AvgIpc) is 2.56. The Morgan fingerprint density at radius 3 is 2.40 bits per heavy atom. The summed E-state index contributed by atoms with van der Waals surface area (Å²) in [6.45, 7) is 5.66. The zero-order valence-electron chi connectivity index (χ0n) is 14.2. The standard InChI is InChI=1S/C17H20F3N3O2/c1-4-11(3)25-13-8-6-12(7-9-13)22-16-21-10-14(17(18,19)20)15(23-16)24-5-2/h6-11H,4-5H2,1-3H3,(H,21,22,23). The third kappa shape index (κ3) is 5.23. The number of nitrogens with one attached hydrogen (secondary N) is 1. The molecular formula is C17H20F3N3O2. The lowest BCUT2D eigenvalue weighted by atomic mass is 10.3. The van der Waals surface area contributed by atoms with Gasteiger partial charge >= 0.3 is 6.18 Å². The summed E-state index contributed by atoms with van der Waals surface area (Å²) in [5, 5.41) is 2.85. The molecule has 0 fully saturated rings. The lowest BCUT2D eigenvalue weighted by molar-refractivity contribution is -0.139. The molecule has 25 heavy (non-hydrogen) atoms. The van der Waals surface area contributed by atoms with E-state index in [1.54, 1.807) is 31.2 Å². The third-order valence-electron chi connectivity index (χ3n) is 3.36. The van der Waals surface area contributed by atoms with Crippen LogP contribution in [0.1, 0.15) is 32.8 Å². The van der Waals surface area contributed by atoms with Gasteiger partial charge in [-0.3, -0.25) is 0 Å². The van der Waals surface area contributed by atoms with E-state index in [9.17, 15) is 13.2 Å². The molecule has 0 radical (unpaired) electrons. The number of hydrogen-bond acceptors (Lipinski definition) is 5. The van der Waals surface area contributed by atoms with Crippen LogP contribution >= 0.6 is 0 Å². The van der Waals surface area contributed by atoms with Gasteiger partial charge < -0.3 is 14.8 Å². The number of alkyl halides is 3. The van der Waals surface area contributed by atoms with Crippen LogP contribution in [0.2, 0.25) is 0 Å². The highest BCUT2D eigenvalue weighted by Gasteiger charge is 2.36. The Labute approximate surface area is 144 Å². The minimum atomic E-state index is -4.57. The summed E-state index contributed by atoms with van der Waals surface area (Å²) < 4.78 is 49.4. The maximum atomic E-state index is 12.9. The molecule has 1 atom stereocenters. The van der Waals surface area contributed by atoms with Crippen LogP contribution in [0, 0.1) is 0 Å². The summed E-state index contributed by atoms with van der Waals surface area (Å²) in [6, 6.07) is 7.00. The molecule has 5 nitrogen and oxygen atoms in total. The largest absolute Gasteiger partial charge is 0.491 e. The topological polar surface area (TPSA) is 56.3 Å². The van der Waals surface area contributed by atoms with Gasteiger partial charge in [-0.05, 0) is 44.5 Å². The molecule has 8 heteroatoms. The first-order valence-electron chi connectivity index (χ1n) is 7.94. The van der Waals surface area contributed by atoms with Gasteiger partial charge in [0.05, 0.1) is 12.7 Å². The highest BCUT2D eigenvalue weighted by atomic mass is 19.4. The molecule has 0 saturated heterocycles. The first kappa shape index (κ1) is 18.8. The number of nitrogens with zero attached hydrogens (tertiary/aromatic N) is 2. The van der Waals surface area contributed by atoms with E-state index in [1.807, 2.05) is 13.8 Å². The van der Waals surface area contributed by atoms with E-state index in [2.05, 4.69) is 15.3 Å². The number of benzene rings is 1. The smallest absolute Gasteiger partial charge is 0.423 e. The molecule has 0 aliphatic rings. The van der Waals surface area contributed by atoms with Crippen LogP contribution in [0.5, 0.6) is 11.6 Å². The van der Waals surface area contributed by atoms with Crippen molar-refractivity contribution in [3.63, 3.8) is 0 Å². The molecule has 0 spiro atoms. The summed E-state index contributed by atoms with van der Waals surface area (Å²) in [6.07, 6.45) is -2.87. The van der Waals surface area contributed by atoms with Crippen LogP contribution in [-0.2, 0) is 6.18 Å². The van der Waals surface area contributed by atoms with Crippen LogP contribution in [0.4, 0.5) is 24.8 Å². The van der Waals surface area contributed by atoms with Gasteiger partial charge in [0.25, 0.3) is 0 Å². The molecule has 0 aliphatic carbocycles. The predicted molar refractivity (Wildman–Crippen MR) is 88.3 cm³/mol. The van der Waals surface area contributed by atoms with Gasteiger partial charge in [0.15, 0.2) is 0 Å². The first-order valence-corrected chi connectivity index (χ1v) is 7.94. The van der Waals surface area contributed by atoms with Crippen molar-refractivity contribution in [3.05, 3.63) is 36.0 Å². The van der Waals surface area contributed by atoms with Crippen molar-refractivity contribution >= 4 is 11.6 Å². The van der Waals surface area contributed by atoms with Crippen molar-refractivity contribution in [1.29, 1.82) is 0 Å². The third-order valence-corrected chi connectivity index (χ3v) is 3.36. The summed E-state index contributed by atoms with van der Waals surface area (Å²) in [5.74, 6) is 0.236. The van der Waals surface area contributed by atoms with E-state index in [0.29, 0.717) is 17.6 Å². The molecule has 136 valence electrons. The van der Waals surface area contributed by atoms with E-state index < -0.39 is 17.6 Å². The number of anilines is 2. The molecule has 1 N–H and O–H groups in total. The van der Waals surface area contributed by atoms with E-state index >= 15 is 0 Å². The number of rotatable bonds is 7. The van der Waals surface area contributed by atoms with Crippen LogP contribution in [0.15, 0.2) is 30.5 Å². The molecule has 1 heterocycles. The summed E-state index contributed by atoms with van der Waals surface area (Å²) in [7, 11) is 0. The molecule has 2 aromatic rings. The Morgan fingerprint density at radius 2 is 1.84 bits per heavy atom. The van der Waals surface area contributed by atoms with Gasteiger partial charge in [-0.1, -0.05) is 6.92 Å². The highest BCUT2D eigenvalue weighted by molar-refractivity contribution is 5.55. The summed E-state index contributed by atoms with van der Waals surface area (Å²) in [4.78, 5) is 7.53. The molecular weight excluding hydrogens is 335 g/mol. The molecule has 0 aliphatic heterocycles. The first-order chi connectivity index (χ1) is 11.8. The number of ether oxygens (including phenoxy) is 2. The average molecular weight is 355 g/mol. The lowest BCUT2D eigenvalue weighted by Crippen LogP contribution is -2.12. The fraction of sp³-hybridized carbons (Fsp3) is 0.412. The van der Waals surface area contributed by atoms with Crippen molar-refractivity contribution in [1.82, 2.24) is 9.97 Å². The van der Waals surface area contributed by atoms with E-state index in [0.717, 1.165) is 6.42 Å². The van der Waals surface area contributed by atoms with Gasteiger partial charge in [-0.2, -0.15) is 18.2 Å². The highest BCUT2D eigenvalue weighted by Crippen LogP contribution is 2.35. The molecule has 1 unspecified atom stereocenters. The van der Waals surface area contributed by atoms with Crippen molar-refractivity contribution in [2.45, 2.75) is 39.5 Å². The minimum absolute atomic E-state index is 0.0204. The molecule has 0 saturated carbocycles. The van der Waals surface area contributed by atoms with Crippen LogP contribution in [0.25, 0.3) is 0 Å². The Balaban J connectivity index is 2.15. The molecule has 1 aromatic heterocycles. The van der Waals surface area contributed by atoms with E-state index in [4.69, 9.17) is 9.47 Å². The van der Waals surface area contributed by atoms with Crippen LogP contribution in [0.3, 0.4) is 0 Å². The number of halogens is 3. The van der Waals surface area contributed by atoms with Gasteiger partial charge in [0.1, 0.15) is 11.3 Å². The Morgan fingerprint density at radius 1 is 1.16 bits per heavy atom. The van der Waals surface area contributed by atoms with Gasteiger partial charge in [0, 0.05) is 11.9 Å². The van der Waals surface area contributed by atoms with Crippen molar-refractivity contribution in [2.75, 3.05) is 11.9 Å². The van der Waals surface area contributed by atoms with Gasteiger partial charge in [0.2, 0.25) is 11.8 Å². The maximum Gasteiger partial charge on any atom is 0.423 e.